The third-order valence-corrected chi connectivity index (χ3v) is 12.2. The van der Waals surface area contributed by atoms with Crippen LogP contribution in [0.5, 0.6) is 0 Å². The van der Waals surface area contributed by atoms with E-state index in [4.69, 9.17) is 4.74 Å². The van der Waals surface area contributed by atoms with Crippen LogP contribution in [0.15, 0.2) is 11.6 Å². The van der Waals surface area contributed by atoms with Crippen LogP contribution in [-0.2, 0) is 9.53 Å². The van der Waals surface area contributed by atoms with E-state index < -0.39 is 0 Å². The number of carbonyl (C=O) groups excluding carboxylic acids is 1. The highest BCUT2D eigenvalue weighted by molar-refractivity contribution is 5.69. The van der Waals surface area contributed by atoms with E-state index in [1.54, 1.807) is 5.57 Å². The molecule has 0 bridgehead atoms. The number of aliphatic hydroxyl groups is 1. The number of unbranched alkanes of at least 4 members (excludes halogenated alkanes) is 16. The van der Waals surface area contributed by atoms with Gasteiger partial charge in [-0.3, -0.25) is 4.79 Å². The highest BCUT2D eigenvalue weighted by Crippen LogP contribution is 2.62. The molecule has 2 aliphatic rings. The monoisotopic (exact) mass is 603 g/mol. The van der Waals surface area contributed by atoms with E-state index in [-0.39, 0.29) is 18.5 Å². The van der Waals surface area contributed by atoms with Gasteiger partial charge in [0.1, 0.15) is 0 Å². The number of rotatable bonds is 25. The molecule has 0 radical (unpaired) electrons. The second-order valence-corrected chi connectivity index (χ2v) is 15.4. The van der Waals surface area contributed by atoms with Gasteiger partial charge in [0.15, 0.2) is 0 Å². The van der Waals surface area contributed by atoms with E-state index >= 15 is 0 Å². The first-order valence-corrected chi connectivity index (χ1v) is 19.2. The summed E-state index contributed by atoms with van der Waals surface area (Å²) in [5.41, 5.74) is 2.27. The molecule has 2 rings (SSSR count). The van der Waals surface area contributed by atoms with Crippen LogP contribution < -0.4 is 0 Å². The maximum atomic E-state index is 12.3. The zero-order chi connectivity index (χ0) is 31.4. The van der Waals surface area contributed by atoms with Gasteiger partial charge in [-0.2, -0.15) is 0 Å². The molecule has 43 heavy (non-hydrogen) atoms. The van der Waals surface area contributed by atoms with Gasteiger partial charge in [0.05, 0.1) is 6.61 Å². The Morgan fingerprint density at radius 3 is 1.93 bits per heavy atom. The smallest absolute Gasteiger partial charge is 0.305 e. The van der Waals surface area contributed by atoms with Crippen LogP contribution in [0.3, 0.4) is 0 Å². The van der Waals surface area contributed by atoms with Crippen molar-refractivity contribution < 1.29 is 14.6 Å². The fourth-order valence-corrected chi connectivity index (χ4v) is 8.58. The van der Waals surface area contributed by atoms with Crippen LogP contribution in [0.4, 0.5) is 0 Å². The third-order valence-electron chi connectivity index (χ3n) is 12.2. The second-order valence-electron chi connectivity index (χ2n) is 15.4. The normalized spacial score (nSPS) is 26.1. The van der Waals surface area contributed by atoms with E-state index in [0.29, 0.717) is 23.9 Å². The Bertz CT molecular complexity index is 759. The molecule has 0 aromatic heterocycles. The lowest BCUT2D eigenvalue weighted by Gasteiger charge is -2.58. The van der Waals surface area contributed by atoms with Crippen LogP contribution in [-0.4, -0.2) is 24.3 Å². The molecule has 252 valence electrons. The largest absolute Gasteiger partial charge is 0.466 e. The molecule has 0 aromatic rings. The summed E-state index contributed by atoms with van der Waals surface area (Å²) in [4.78, 5) is 12.3. The first-order valence-electron chi connectivity index (χ1n) is 19.2. The zero-order valence-electron chi connectivity index (χ0n) is 29.7. The molecule has 0 amide bonds. The number of hydrogen-bond donors (Lipinski definition) is 1. The predicted octanol–water partition coefficient (Wildman–Crippen LogP) is 12.1. The minimum absolute atomic E-state index is 0.0502. The number of ether oxygens (including phenoxy) is 1. The van der Waals surface area contributed by atoms with Crippen LogP contribution in [0, 0.1) is 28.6 Å². The first kappa shape index (κ1) is 38.4. The molecular weight excluding hydrogens is 528 g/mol. The summed E-state index contributed by atoms with van der Waals surface area (Å²) < 4.78 is 5.60. The minimum atomic E-state index is -0.0502. The van der Waals surface area contributed by atoms with E-state index in [0.717, 1.165) is 37.5 Å². The van der Waals surface area contributed by atoms with Gasteiger partial charge in [0.2, 0.25) is 0 Å². The van der Waals surface area contributed by atoms with Gasteiger partial charge in [-0.1, -0.05) is 142 Å². The van der Waals surface area contributed by atoms with E-state index in [1.807, 2.05) is 0 Å². The molecule has 1 saturated carbocycles. The Morgan fingerprint density at radius 2 is 1.40 bits per heavy atom. The van der Waals surface area contributed by atoms with Crippen molar-refractivity contribution in [1.82, 2.24) is 0 Å². The Balaban J connectivity index is 1.46. The summed E-state index contributed by atoms with van der Waals surface area (Å²) in [6.45, 7) is 12.8. The SMILES string of the molecule is CCCCCCCCCCCCCCCCCCCC(=O)OCC[C@H](CO)CC[C@@]1(C)[C@H](C)CC[C@@]2(C)C(C)=CCC[C@H]12. The summed E-state index contributed by atoms with van der Waals surface area (Å²) in [6.07, 6.45) is 34.1. The Kier molecular flexibility index (Phi) is 19.5. The van der Waals surface area contributed by atoms with Crippen molar-refractivity contribution in [2.24, 2.45) is 28.6 Å². The summed E-state index contributed by atoms with van der Waals surface area (Å²) in [7, 11) is 0. The highest BCUT2D eigenvalue weighted by Gasteiger charge is 2.52. The van der Waals surface area contributed by atoms with Gasteiger partial charge in [0, 0.05) is 13.0 Å². The van der Waals surface area contributed by atoms with Gasteiger partial charge in [-0.15, -0.1) is 0 Å². The Hall–Kier alpha value is -0.830. The Labute approximate surface area is 268 Å². The zero-order valence-corrected chi connectivity index (χ0v) is 29.7. The molecule has 3 heteroatoms. The molecule has 3 nitrogen and oxygen atoms in total. The van der Waals surface area contributed by atoms with Crippen LogP contribution in [0.2, 0.25) is 0 Å². The molecule has 0 heterocycles. The average molecular weight is 603 g/mol. The molecular formula is C40H74O3. The quantitative estimate of drug-likeness (QED) is 0.0642. The molecule has 1 N–H and O–H groups in total. The molecule has 0 unspecified atom stereocenters. The van der Waals surface area contributed by atoms with Crippen LogP contribution >= 0.6 is 0 Å². The van der Waals surface area contributed by atoms with Crippen molar-refractivity contribution in [3.8, 4) is 0 Å². The lowest BCUT2D eigenvalue weighted by Crippen LogP contribution is -2.49. The number of fused-ring (bicyclic) bond motifs is 1. The summed E-state index contributed by atoms with van der Waals surface area (Å²) >= 11 is 0. The summed E-state index contributed by atoms with van der Waals surface area (Å²) in [5.74, 6) is 1.63. The summed E-state index contributed by atoms with van der Waals surface area (Å²) in [6, 6.07) is 0. The number of aliphatic hydroxyl groups excluding tert-OH is 1. The lowest BCUT2D eigenvalue weighted by molar-refractivity contribution is -0.144. The molecule has 2 aliphatic carbocycles. The number of carbonyl (C=O) groups is 1. The highest BCUT2D eigenvalue weighted by atomic mass is 16.5. The van der Waals surface area contributed by atoms with Crippen molar-refractivity contribution in [2.45, 2.75) is 195 Å². The van der Waals surface area contributed by atoms with Crippen LogP contribution in [0.25, 0.3) is 0 Å². The topological polar surface area (TPSA) is 46.5 Å². The Morgan fingerprint density at radius 1 is 0.860 bits per heavy atom. The van der Waals surface area contributed by atoms with Gasteiger partial charge in [0.25, 0.3) is 0 Å². The lowest BCUT2D eigenvalue weighted by atomic mass is 9.47. The minimum Gasteiger partial charge on any atom is -0.466 e. The summed E-state index contributed by atoms with van der Waals surface area (Å²) in [5, 5.41) is 10.1. The van der Waals surface area contributed by atoms with Gasteiger partial charge >= 0.3 is 5.97 Å². The fourth-order valence-electron chi connectivity index (χ4n) is 8.58. The maximum absolute atomic E-state index is 12.3. The maximum Gasteiger partial charge on any atom is 0.305 e. The number of allylic oxidation sites excluding steroid dienone is 2. The molecule has 0 saturated heterocycles. The molecule has 0 aromatic carbocycles. The molecule has 0 aliphatic heterocycles. The number of esters is 1. The predicted molar refractivity (Wildman–Crippen MR) is 185 cm³/mol. The van der Waals surface area contributed by atoms with Crippen LogP contribution in [0.1, 0.15) is 195 Å². The van der Waals surface area contributed by atoms with Crippen molar-refractivity contribution in [2.75, 3.05) is 13.2 Å². The second kappa shape index (κ2) is 21.8. The van der Waals surface area contributed by atoms with Crippen molar-refractivity contribution >= 4 is 5.97 Å². The van der Waals surface area contributed by atoms with Crippen molar-refractivity contribution in [3.05, 3.63) is 11.6 Å². The van der Waals surface area contributed by atoms with Crippen molar-refractivity contribution in [1.29, 1.82) is 0 Å². The van der Waals surface area contributed by atoms with Gasteiger partial charge in [-0.05, 0) is 86.9 Å². The standard InChI is InChI=1S/C40H74O3/c1-6-7-8-9-10-11-12-13-14-15-16-17-18-19-20-21-22-26-38(42)43-32-29-36(33-41)28-31-40(5)35(3)27-30-39(4)34(2)24-23-25-37(39)40/h24,35-37,41H,6-23,25-33H2,1-5H3/t35-,36-,37+,39+,40+/m1/s1. The third kappa shape index (κ3) is 13.6. The average Bonchev–Trinajstić information content (AvgIpc) is 2.99. The van der Waals surface area contributed by atoms with Crippen molar-refractivity contribution in [3.63, 3.8) is 0 Å². The van der Waals surface area contributed by atoms with Gasteiger partial charge in [-0.25, -0.2) is 0 Å². The molecule has 1 fully saturated rings. The first-order chi connectivity index (χ1) is 20.8. The van der Waals surface area contributed by atoms with E-state index in [9.17, 15) is 9.90 Å². The molecule has 5 atom stereocenters. The number of hydrogen-bond acceptors (Lipinski definition) is 3. The van der Waals surface area contributed by atoms with E-state index in [2.05, 4.69) is 40.7 Å². The molecule has 0 spiro atoms. The van der Waals surface area contributed by atoms with E-state index in [1.165, 1.54) is 128 Å². The fraction of sp³-hybridized carbons (Fsp3) is 0.925. The van der Waals surface area contributed by atoms with Gasteiger partial charge < -0.3 is 9.84 Å².